The first-order valence-electron chi connectivity index (χ1n) is 7.31. The molecule has 2 atom stereocenters. The molecule has 2 fully saturated rings. The normalized spacial score (nSPS) is 29.4. The zero-order valence-corrected chi connectivity index (χ0v) is 11.8. The first-order chi connectivity index (χ1) is 9.61. The van der Waals surface area contributed by atoms with E-state index in [4.69, 9.17) is 9.84 Å². The average Bonchev–Trinajstić information content (AvgIpc) is 2.63. The predicted molar refractivity (Wildman–Crippen MR) is 76.0 cm³/mol. The Kier molecular flexibility index (Phi) is 3.66. The second-order valence-electron chi connectivity index (χ2n) is 5.98. The minimum Gasteiger partial charge on any atom is -0.490 e. The van der Waals surface area contributed by atoms with Crippen LogP contribution in [0.5, 0.6) is 5.75 Å². The molecule has 2 saturated heterocycles. The summed E-state index contributed by atoms with van der Waals surface area (Å²) in [4.78, 5) is 13.1. The molecule has 2 bridgehead atoms. The monoisotopic (exact) mass is 275 g/mol. The molecule has 2 heterocycles. The number of benzene rings is 1. The summed E-state index contributed by atoms with van der Waals surface area (Å²) in [5.74, 6) is 0.0543. The number of hydrogen-bond acceptors (Lipinski definition) is 3. The third-order valence-corrected chi connectivity index (χ3v) is 4.64. The lowest BCUT2D eigenvalue weighted by Crippen LogP contribution is -2.43. The maximum Gasteiger partial charge on any atom is 0.307 e. The number of hydrogen-bond donors (Lipinski definition) is 1. The van der Waals surface area contributed by atoms with Crippen LogP contribution in [0.2, 0.25) is 0 Å². The summed E-state index contributed by atoms with van der Waals surface area (Å²) in [6.07, 6.45) is 5.15. The number of aliphatic carboxylic acids is 1. The zero-order valence-electron chi connectivity index (χ0n) is 11.8. The quantitative estimate of drug-likeness (QED) is 0.916. The summed E-state index contributed by atoms with van der Waals surface area (Å²) < 4.78 is 6.07. The van der Waals surface area contributed by atoms with Gasteiger partial charge < -0.3 is 14.7 Å². The van der Waals surface area contributed by atoms with Crippen LogP contribution in [0.15, 0.2) is 24.3 Å². The van der Waals surface area contributed by atoms with Crippen molar-refractivity contribution in [2.45, 2.75) is 50.3 Å². The molecule has 4 nitrogen and oxygen atoms in total. The van der Waals surface area contributed by atoms with Gasteiger partial charge in [-0.25, -0.2) is 0 Å². The van der Waals surface area contributed by atoms with Crippen molar-refractivity contribution >= 4 is 5.97 Å². The van der Waals surface area contributed by atoms with E-state index in [1.165, 1.54) is 12.8 Å². The molecule has 2 aliphatic rings. The Morgan fingerprint density at radius 3 is 2.40 bits per heavy atom. The van der Waals surface area contributed by atoms with Crippen molar-refractivity contribution in [2.24, 2.45) is 0 Å². The van der Waals surface area contributed by atoms with Crippen LogP contribution in [0.25, 0.3) is 0 Å². The molecule has 1 N–H and O–H groups in total. The average molecular weight is 275 g/mol. The fourth-order valence-electron chi connectivity index (χ4n) is 3.51. The molecule has 20 heavy (non-hydrogen) atoms. The highest BCUT2D eigenvalue weighted by Crippen LogP contribution is 2.35. The molecule has 0 aliphatic carbocycles. The Balaban J connectivity index is 1.60. The Bertz CT molecular complexity index is 471. The molecule has 0 spiro atoms. The molecule has 3 rings (SSSR count). The van der Waals surface area contributed by atoms with Gasteiger partial charge >= 0.3 is 5.97 Å². The van der Waals surface area contributed by atoms with Crippen LogP contribution in [0, 0.1) is 0 Å². The largest absolute Gasteiger partial charge is 0.490 e. The molecule has 2 aliphatic heterocycles. The maximum absolute atomic E-state index is 10.6. The molecule has 108 valence electrons. The van der Waals surface area contributed by atoms with Gasteiger partial charge in [0.2, 0.25) is 0 Å². The molecule has 0 radical (unpaired) electrons. The number of carboxylic acids is 1. The van der Waals surface area contributed by atoms with Crippen LogP contribution in [0.3, 0.4) is 0 Å². The zero-order chi connectivity index (χ0) is 14.1. The minimum atomic E-state index is -0.800. The molecule has 0 aromatic heterocycles. The van der Waals surface area contributed by atoms with Crippen LogP contribution in [0.4, 0.5) is 0 Å². The standard InChI is InChI=1S/C16H21NO3/c1-17-12-4-5-13(17)10-15(9-12)20-14-6-2-11(3-7-14)8-16(18)19/h2-3,6-7,12-13,15H,4-5,8-10H2,1H3,(H,18,19). The van der Waals surface area contributed by atoms with Crippen LogP contribution >= 0.6 is 0 Å². The maximum atomic E-state index is 10.6. The molecular weight excluding hydrogens is 254 g/mol. The van der Waals surface area contributed by atoms with Gasteiger partial charge in [0.15, 0.2) is 0 Å². The highest BCUT2D eigenvalue weighted by atomic mass is 16.5. The number of piperidine rings is 1. The van der Waals surface area contributed by atoms with E-state index >= 15 is 0 Å². The van der Waals surface area contributed by atoms with Gasteiger partial charge in [0.1, 0.15) is 11.9 Å². The number of ether oxygens (including phenoxy) is 1. The Hall–Kier alpha value is -1.55. The summed E-state index contributed by atoms with van der Waals surface area (Å²) in [5, 5.41) is 8.75. The number of carbonyl (C=O) groups is 1. The topological polar surface area (TPSA) is 49.8 Å². The Labute approximate surface area is 119 Å². The highest BCUT2D eigenvalue weighted by molar-refractivity contribution is 5.70. The smallest absolute Gasteiger partial charge is 0.307 e. The third kappa shape index (κ3) is 2.80. The first-order valence-corrected chi connectivity index (χ1v) is 7.31. The molecule has 2 unspecified atom stereocenters. The van der Waals surface area contributed by atoms with Gasteiger partial charge in [0, 0.05) is 12.1 Å². The van der Waals surface area contributed by atoms with Crippen molar-refractivity contribution in [3.8, 4) is 5.75 Å². The van der Waals surface area contributed by atoms with Crippen molar-refractivity contribution in [1.82, 2.24) is 4.90 Å². The number of nitrogens with zero attached hydrogens (tertiary/aromatic N) is 1. The van der Waals surface area contributed by atoms with Crippen molar-refractivity contribution < 1.29 is 14.6 Å². The van der Waals surface area contributed by atoms with Crippen LogP contribution in [0.1, 0.15) is 31.2 Å². The van der Waals surface area contributed by atoms with Crippen molar-refractivity contribution in [2.75, 3.05) is 7.05 Å². The summed E-state index contributed by atoms with van der Waals surface area (Å²) in [6.45, 7) is 0. The van der Waals surface area contributed by atoms with E-state index in [9.17, 15) is 4.79 Å². The SMILES string of the molecule is CN1C2CCC1CC(Oc1ccc(CC(=O)O)cc1)C2. The predicted octanol–water partition coefficient (Wildman–Crippen LogP) is 2.32. The van der Waals surface area contributed by atoms with Crippen LogP contribution in [-0.2, 0) is 11.2 Å². The lowest BCUT2D eigenvalue weighted by Gasteiger charge is -2.36. The second-order valence-corrected chi connectivity index (χ2v) is 5.98. The molecule has 1 aromatic rings. The van der Waals surface area contributed by atoms with Gasteiger partial charge in [-0.2, -0.15) is 0 Å². The van der Waals surface area contributed by atoms with E-state index in [1.54, 1.807) is 0 Å². The van der Waals surface area contributed by atoms with Gasteiger partial charge in [-0.3, -0.25) is 4.79 Å². The van der Waals surface area contributed by atoms with E-state index in [2.05, 4.69) is 11.9 Å². The number of carboxylic acid groups (broad SMARTS) is 1. The highest BCUT2D eigenvalue weighted by Gasteiger charge is 2.39. The fourth-order valence-corrected chi connectivity index (χ4v) is 3.51. The van der Waals surface area contributed by atoms with E-state index in [0.29, 0.717) is 18.2 Å². The molecule has 0 amide bonds. The van der Waals surface area contributed by atoms with Gasteiger partial charge in [-0.1, -0.05) is 12.1 Å². The number of fused-ring (bicyclic) bond motifs is 2. The third-order valence-electron chi connectivity index (χ3n) is 4.64. The lowest BCUT2D eigenvalue weighted by atomic mass is 10.0. The Morgan fingerprint density at radius 1 is 1.25 bits per heavy atom. The van der Waals surface area contributed by atoms with Crippen molar-refractivity contribution in [1.29, 1.82) is 0 Å². The minimum absolute atomic E-state index is 0.0681. The summed E-state index contributed by atoms with van der Waals surface area (Å²) in [6, 6.07) is 8.80. The van der Waals surface area contributed by atoms with E-state index in [-0.39, 0.29) is 6.42 Å². The molecule has 1 aromatic carbocycles. The summed E-state index contributed by atoms with van der Waals surface area (Å²) in [5.41, 5.74) is 0.813. The van der Waals surface area contributed by atoms with Crippen molar-refractivity contribution in [3.63, 3.8) is 0 Å². The van der Waals surface area contributed by atoms with Gasteiger partial charge in [-0.05, 0) is 50.4 Å². The van der Waals surface area contributed by atoms with Crippen LogP contribution < -0.4 is 4.74 Å². The summed E-state index contributed by atoms with van der Waals surface area (Å²) in [7, 11) is 2.22. The van der Waals surface area contributed by atoms with Gasteiger partial charge in [0.05, 0.1) is 6.42 Å². The van der Waals surface area contributed by atoms with Crippen LogP contribution in [-0.4, -0.2) is 41.2 Å². The van der Waals surface area contributed by atoms with Crippen molar-refractivity contribution in [3.05, 3.63) is 29.8 Å². The first kappa shape index (κ1) is 13.4. The van der Waals surface area contributed by atoms with E-state index < -0.39 is 5.97 Å². The van der Waals surface area contributed by atoms with E-state index in [1.807, 2.05) is 24.3 Å². The van der Waals surface area contributed by atoms with Gasteiger partial charge in [0.25, 0.3) is 0 Å². The molecular formula is C16H21NO3. The molecule has 0 saturated carbocycles. The van der Waals surface area contributed by atoms with E-state index in [0.717, 1.165) is 24.2 Å². The summed E-state index contributed by atoms with van der Waals surface area (Å²) >= 11 is 0. The molecule has 4 heteroatoms. The number of rotatable bonds is 4. The second kappa shape index (κ2) is 5.44. The Morgan fingerprint density at radius 2 is 1.85 bits per heavy atom. The fraction of sp³-hybridized carbons (Fsp3) is 0.562. The van der Waals surface area contributed by atoms with Gasteiger partial charge in [-0.15, -0.1) is 0 Å². The lowest BCUT2D eigenvalue weighted by molar-refractivity contribution is -0.136.